The summed E-state index contributed by atoms with van der Waals surface area (Å²) in [5.74, 6) is 0. The van der Waals surface area contributed by atoms with Crippen molar-refractivity contribution < 1.29 is 0 Å². The first kappa shape index (κ1) is 79.6. The minimum Gasteiger partial charge on any atom is -0.0622 e. The van der Waals surface area contributed by atoms with Crippen LogP contribution in [0.2, 0.25) is 0 Å². The third kappa shape index (κ3) is 13.3. The average Bonchev–Trinajstić information content (AvgIpc) is 1.55. The molecule has 0 spiro atoms. The van der Waals surface area contributed by atoms with Crippen molar-refractivity contribution in [2.24, 2.45) is 0 Å². The van der Waals surface area contributed by atoms with Gasteiger partial charge in [0.2, 0.25) is 0 Å². The molecule has 0 heterocycles. The predicted octanol–water partition coefficient (Wildman–Crippen LogP) is 32.1. The molecule has 0 aliphatic heterocycles. The maximum atomic E-state index is 2.39. The summed E-state index contributed by atoms with van der Waals surface area (Å²) in [5.41, 5.74) is 46.0. The first-order valence-electron chi connectivity index (χ1n) is 44.9. The van der Waals surface area contributed by atoms with Crippen molar-refractivity contribution in [3.05, 3.63) is 621 Å². The number of hydrogen-bond acceptors (Lipinski definition) is 0. The van der Waals surface area contributed by atoms with Crippen LogP contribution in [0.1, 0.15) is 111 Å². The minimum absolute atomic E-state index is 0.319. The van der Waals surface area contributed by atoms with Gasteiger partial charge in [0.25, 0.3) is 0 Å². The first-order chi connectivity index (χ1) is 63.2. The lowest BCUT2D eigenvalue weighted by atomic mass is 9.67. The molecule has 608 valence electrons. The SMILES string of the molecule is Cc1ccc(-c2ccc3c(c2)-c2ccccc2C3(c2ccccc2)c2ccccc2)cc1.Cc1ccc(-c2cccc3c2-c2ccccc2C3(c2ccccc2)c2ccccc2)cc1.Cc1cccc(-c2ccc3c(c2)-c2ccccc2C3(c2ccccc2)c2ccccc2)c1.Cc1ccccc1-c1cccc2c1-c1ccccc1C2(c1ccccc1)c1ccccc1. The normalized spacial score (nSPS) is 13.4. The molecule has 4 aliphatic carbocycles. The van der Waals surface area contributed by atoms with E-state index < -0.39 is 0 Å². The number of rotatable bonds is 12. The van der Waals surface area contributed by atoms with Gasteiger partial charge in [-0.1, -0.05) is 514 Å². The van der Waals surface area contributed by atoms with Gasteiger partial charge < -0.3 is 0 Å². The average molecular weight is 1630 g/mol. The minimum atomic E-state index is -0.340. The van der Waals surface area contributed by atoms with Crippen LogP contribution in [0.15, 0.2) is 510 Å². The van der Waals surface area contributed by atoms with Crippen LogP contribution >= 0.6 is 0 Å². The molecule has 24 rings (SSSR count). The Morgan fingerprint density at radius 3 is 0.727 bits per heavy atom. The summed E-state index contributed by atoms with van der Waals surface area (Å²) in [4.78, 5) is 0. The van der Waals surface area contributed by atoms with Crippen LogP contribution in [0.3, 0.4) is 0 Å². The van der Waals surface area contributed by atoms with E-state index in [2.05, 4.69) is 537 Å². The van der Waals surface area contributed by atoms with E-state index >= 15 is 0 Å². The van der Waals surface area contributed by atoms with Crippen molar-refractivity contribution in [2.75, 3.05) is 0 Å². The van der Waals surface area contributed by atoms with Crippen LogP contribution in [0, 0.1) is 27.7 Å². The molecule has 128 heavy (non-hydrogen) atoms. The van der Waals surface area contributed by atoms with Crippen molar-refractivity contribution >= 4 is 0 Å². The summed E-state index contributed by atoms with van der Waals surface area (Å²) in [6.07, 6.45) is 0. The molecule has 0 N–H and O–H groups in total. The van der Waals surface area contributed by atoms with Crippen LogP contribution in [0.25, 0.3) is 89.0 Å². The Labute approximate surface area is 753 Å². The van der Waals surface area contributed by atoms with Crippen LogP contribution in [0.4, 0.5) is 0 Å². The molecule has 0 atom stereocenters. The maximum Gasteiger partial charge on any atom is 0.0713 e. The van der Waals surface area contributed by atoms with Crippen LogP contribution < -0.4 is 0 Å². The highest BCUT2D eigenvalue weighted by Crippen LogP contribution is 2.63. The van der Waals surface area contributed by atoms with Crippen molar-refractivity contribution in [3.8, 4) is 89.0 Å². The zero-order valence-corrected chi connectivity index (χ0v) is 72.5. The Hall–Kier alpha value is -15.6. The van der Waals surface area contributed by atoms with Gasteiger partial charge in [-0.3, -0.25) is 0 Å². The molecule has 0 unspecified atom stereocenters. The number of benzene rings is 20. The molecule has 0 heteroatoms. The Morgan fingerprint density at radius 1 is 0.125 bits per heavy atom. The quantitative estimate of drug-likeness (QED) is 0.114. The van der Waals surface area contributed by atoms with Gasteiger partial charge in [-0.2, -0.15) is 0 Å². The molecule has 0 saturated heterocycles. The molecular formula is C128H96. The van der Waals surface area contributed by atoms with Gasteiger partial charge in [0, 0.05) is 0 Å². The van der Waals surface area contributed by atoms with Gasteiger partial charge in [0.1, 0.15) is 0 Å². The van der Waals surface area contributed by atoms with E-state index in [0.29, 0.717) is 0 Å². The monoisotopic (exact) mass is 1630 g/mol. The highest BCUT2D eigenvalue weighted by Gasteiger charge is 2.51. The molecule has 0 fully saturated rings. The predicted molar refractivity (Wildman–Crippen MR) is 536 cm³/mol. The highest BCUT2D eigenvalue weighted by molar-refractivity contribution is 5.98. The Kier molecular flexibility index (Phi) is 21.0. The molecule has 20 aromatic carbocycles. The molecule has 0 radical (unpaired) electrons. The summed E-state index contributed by atoms with van der Waals surface area (Å²) in [6, 6.07) is 186. The smallest absolute Gasteiger partial charge is 0.0622 e. The molecule has 4 aliphatic rings. The number of hydrogen-bond donors (Lipinski definition) is 0. The van der Waals surface area contributed by atoms with E-state index in [1.807, 2.05) is 0 Å². The molecule has 0 nitrogen and oxygen atoms in total. The third-order valence-corrected chi connectivity index (χ3v) is 27.4. The molecule has 0 bridgehead atoms. The number of aryl methyl sites for hydroxylation is 4. The lowest BCUT2D eigenvalue weighted by Gasteiger charge is -2.34. The highest BCUT2D eigenvalue weighted by atomic mass is 14.5. The van der Waals surface area contributed by atoms with Gasteiger partial charge in [-0.15, -0.1) is 0 Å². The largest absolute Gasteiger partial charge is 0.0713 e. The van der Waals surface area contributed by atoms with E-state index in [-0.39, 0.29) is 21.7 Å². The summed E-state index contributed by atoms with van der Waals surface area (Å²) >= 11 is 0. The van der Waals surface area contributed by atoms with Crippen molar-refractivity contribution in [1.29, 1.82) is 0 Å². The van der Waals surface area contributed by atoms with E-state index in [9.17, 15) is 0 Å². The third-order valence-electron chi connectivity index (χ3n) is 27.4. The zero-order valence-electron chi connectivity index (χ0n) is 72.5. The Balaban J connectivity index is 0.000000104. The lowest BCUT2D eigenvalue weighted by Crippen LogP contribution is -2.28. The molecule has 0 amide bonds. The van der Waals surface area contributed by atoms with E-state index in [4.69, 9.17) is 0 Å². The Morgan fingerprint density at radius 2 is 0.367 bits per heavy atom. The van der Waals surface area contributed by atoms with Crippen molar-refractivity contribution in [2.45, 2.75) is 49.4 Å². The molecule has 0 saturated carbocycles. The van der Waals surface area contributed by atoms with Crippen LogP contribution in [-0.4, -0.2) is 0 Å². The molecule has 0 aromatic heterocycles. The summed E-state index contributed by atoms with van der Waals surface area (Å²) in [7, 11) is 0. The van der Waals surface area contributed by atoms with Gasteiger partial charge in [0.15, 0.2) is 0 Å². The van der Waals surface area contributed by atoms with Gasteiger partial charge in [-0.25, -0.2) is 0 Å². The zero-order chi connectivity index (χ0) is 86.2. The Bertz CT molecular complexity index is 7240. The fraction of sp³-hybridized carbons (Fsp3) is 0.0625. The van der Waals surface area contributed by atoms with E-state index in [1.54, 1.807) is 0 Å². The summed E-state index contributed by atoms with van der Waals surface area (Å²) in [5, 5.41) is 0. The van der Waals surface area contributed by atoms with Gasteiger partial charge >= 0.3 is 0 Å². The fourth-order valence-electron chi connectivity index (χ4n) is 21.9. The standard InChI is InChI=1S/4C32H24/c1-23-13-8-9-18-26(23)27-20-12-22-30-31(27)28-19-10-11-21-29(28)32(30,24-14-4-2-5-15-24)25-16-6-3-7-17-25;1-23-11-10-12-24(21-23)25-19-20-31-29(22-25)28-17-8-9-18-30(28)32(31,26-13-4-2-5-14-26)27-15-6-3-7-16-27;1-23-19-21-24(22-20-23)27-16-10-18-30-31(27)28-15-8-9-17-29(28)32(30,25-11-4-2-5-12-25)26-13-6-3-7-14-26;1-23-16-18-24(19-17-23)25-20-21-31-29(22-25)28-14-8-9-15-30(28)32(31,26-10-4-2-5-11-26)27-12-6-3-7-13-27/h4*2-22H,1H3. The maximum absolute atomic E-state index is 2.39. The van der Waals surface area contributed by atoms with Gasteiger partial charge in [-0.05, 0) is 223 Å². The summed E-state index contributed by atoms with van der Waals surface area (Å²) < 4.78 is 0. The second-order valence-corrected chi connectivity index (χ2v) is 34.5. The lowest BCUT2D eigenvalue weighted by molar-refractivity contribution is 0.768. The second-order valence-electron chi connectivity index (χ2n) is 34.5. The first-order valence-corrected chi connectivity index (χ1v) is 44.9. The molecular weight excluding hydrogens is 1540 g/mol. The summed E-state index contributed by atoms with van der Waals surface area (Å²) in [6.45, 7) is 8.64. The van der Waals surface area contributed by atoms with Gasteiger partial charge in [0.05, 0.1) is 21.7 Å². The van der Waals surface area contributed by atoms with E-state index in [1.165, 1.54) is 200 Å². The van der Waals surface area contributed by atoms with Crippen LogP contribution in [0.5, 0.6) is 0 Å². The topological polar surface area (TPSA) is 0 Å². The second kappa shape index (κ2) is 33.8. The van der Waals surface area contributed by atoms with Crippen LogP contribution in [-0.2, 0) is 21.7 Å². The van der Waals surface area contributed by atoms with Crippen molar-refractivity contribution in [3.63, 3.8) is 0 Å². The number of fused-ring (bicyclic) bond motifs is 12. The van der Waals surface area contributed by atoms with E-state index in [0.717, 1.165) is 0 Å². The fourth-order valence-corrected chi connectivity index (χ4v) is 21.9. The van der Waals surface area contributed by atoms with Crippen molar-refractivity contribution in [1.82, 2.24) is 0 Å². The molecule has 20 aromatic rings.